The van der Waals surface area contributed by atoms with Crippen molar-refractivity contribution in [2.45, 2.75) is 72.1 Å². The molecule has 192 valence electrons. The molecule has 1 aromatic carbocycles. The van der Waals surface area contributed by atoms with E-state index < -0.39 is 0 Å². The van der Waals surface area contributed by atoms with Gasteiger partial charge in [-0.15, -0.1) is 0 Å². The first-order valence-corrected chi connectivity index (χ1v) is 13.3. The lowest BCUT2D eigenvalue weighted by molar-refractivity contribution is 0.181. The SMILES string of the molecule is CCCN(CCC)CCCCN(C)Cc1ccc(CN(Cc2ncc[nH]2)C(C)c2ncc[nH]2)cc1. The fourth-order valence-electron chi connectivity index (χ4n) is 4.65. The van der Waals surface area contributed by atoms with Crippen LogP contribution in [0.4, 0.5) is 0 Å². The van der Waals surface area contributed by atoms with Crippen LogP contribution in [-0.4, -0.2) is 67.9 Å². The summed E-state index contributed by atoms with van der Waals surface area (Å²) < 4.78 is 0. The number of nitrogens with one attached hydrogen (secondary N) is 2. The number of aromatic amines is 2. The molecular formula is C28H45N7. The van der Waals surface area contributed by atoms with Gasteiger partial charge in [0.1, 0.15) is 11.6 Å². The van der Waals surface area contributed by atoms with Crippen LogP contribution in [0.25, 0.3) is 0 Å². The number of rotatable bonds is 17. The second kappa shape index (κ2) is 14.8. The van der Waals surface area contributed by atoms with E-state index in [1.54, 1.807) is 0 Å². The highest BCUT2D eigenvalue weighted by molar-refractivity contribution is 5.22. The molecule has 7 heteroatoms. The van der Waals surface area contributed by atoms with Crippen LogP contribution in [0.1, 0.15) is 75.3 Å². The van der Waals surface area contributed by atoms with E-state index >= 15 is 0 Å². The van der Waals surface area contributed by atoms with Gasteiger partial charge in [-0.3, -0.25) is 4.90 Å². The predicted octanol–water partition coefficient (Wildman–Crippen LogP) is 5.23. The number of unbranched alkanes of at least 4 members (excludes halogenated alkanes) is 1. The summed E-state index contributed by atoms with van der Waals surface area (Å²) in [7, 11) is 2.24. The summed E-state index contributed by atoms with van der Waals surface area (Å²) in [5.41, 5.74) is 2.67. The smallest absolute Gasteiger partial charge is 0.123 e. The Hall–Kier alpha value is -2.48. The molecule has 35 heavy (non-hydrogen) atoms. The Labute approximate surface area is 212 Å². The van der Waals surface area contributed by atoms with Gasteiger partial charge in [0, 0.05) is 37.9 Å². The second-order valence-corrected chi connectivity index (χ2v) is 9.69. The van der Waals surface area contributed by atoms with Gasteiger partial charge >= 0.3 is 0 Å². The number of benzene rings is 1. The van der Waals surface area contributed by atoms with E-state index in [1.807, 2.05) is 24.8 Å². The molecule has 0 bridgehead atoms. The summed E-state index contributed by atoms with van der Waals surface area (Å²) in [6, 6.07) is 9.24. The number of imidazole rings is 2. The third-order valence-electron chi connectivity index (χ3n) is 6.58. The first kappa shape index (κ1) is 27.1. The molecule has 2 N–H and O–H groups in total. The van der Waals surface area contributed by atoms with Crippen molar-refractivity contribution >= 4 is 0 Å². The lowest BCUT2D eigenvalue weighted by Gasteiger charge is -2.27. The minimum atomic E-state index is 0.159. The molecule has 0 aliphatic carbocycles. The van der Waals surface area contributed by atoms with E-state index in [1.165, 1.54) is 56.4 Å². The number of hydrogen-bond donors (Lipinski definition) is 2. The third-order valence-corrected chi connectivity index (χ3v) is 6.58. The fourth-order valence-corrected chi connectivity index (χ4v) is 4.65. The monoisotopic (exact) mass is 479 g/mol. The molecule has 1 atom stereocenters. The Morgan fingerprint density at radius 1 is 0.771 bits per heavy atom. The molecule has 0 fully saturated rings. The van der Waals surface area contributed by atoms with Crippen molar-refractivity contribution in [2.75, 3.05) is 33.2 Å². The molecule has 0 amide bonds. The molecule has 0 aliphatic heterocycles. The lowest BCUT2D eigenvalue weighted by atomic mass is 10.1. The molecule has 3 aromatic rings. The van der Waals surface area contributed by atoms with Crippen molar-refractivity contribution in [1.29, 1.82) is 0 Å². The molecule has 0 aliphatic rings. The fraction of sp³-hybridized carbons (Fsp3) is 0.571. The number of nitrogens with zero attached hydrogens (tertiary/aromatic N) is 5. The highest BCUT2D eigenvalue weighted by atomic mass is 15.2. The van der Waals surface area contributed by atoms with Gasteiger partial charge in [0.15, 0.2) is 0 Å². The maximum Gasteiger partial charge on any atom is 0.123 e. The van der Waals surface area contributed by atoms with Crippen LogP contribution in [0.2, 0.25) is 0 Å². The molecule has 7 nitrogen and oxygen atoms in total. The first-order chi connectivity index (χ1) is 17.1. The Bertz CT molecular complexity index is 899. The summed E-state index contributed by atoms with van der Waals surface area (Å²) in [6.45, 7) is 14.2. The summed E-state index contributed by atoms with van der Waals surface area (Å²) >= 11 is 0. The van der Waals surface area contributed by atoms with Gasteiger partial charge < -0.3 is 19.8 Å². The van der Waals surface area contributed by atoms with Gasteiger partial charge in [-0.2, -0.15) is 0 Å². The second-order valence-electron chi connectivity index (χ2n) is 9.69. The third kappa shape index (κ3) is 9.24. The molecule has 3 rings (SSSR count). The van der Waals surface area contributed by atoms with Gasteiger partial charge in [-0.05, 0) is 77.0 Å². The standard InChI is InChI=1S/C28H45N7/c1-5-17-34(18-6-2)20-8-7-19-33(4)21-25-9-11-26(12-10-25)22-35(23-27-29-13-14-30-27)24(3)28-31-15-16-32-28/h9-16,24H,5-8,17-23H2,1-4H3,(H,29,30)(H,31,32). The molecule has 0 saturated heterocycles. The van der Waals surface area contributed by atoms with Crippen LogP contribution in [0, 0.1) is 0 Å². The highest BCUT2D eigenvalue weighted by Crippen LogP contribution is 2.22. The quantitative estimate of drug-likeness (QED) is 0.260. The topological polar surface area (TPSA) is 67.1 Å². The van der Waals surface area contributed by atoms with Gasteiger partial charge in [-0.25, -0.2) is 9.97 Å². The van der Waals surface area contributed by atoms with Gasteiger partial charge in [0.25, 0.3) is 0 Å². The average molecular weight is 480 g/mol. The van der Waals surface area contributed by atoms with Crippen molar-refractivity contribution < 1.29 is 0 Å². The van der Waals surface area contributed by atoms with Crippen LogP contribution in [0.3, 0.4) is 0 Å². The molecular weight excluding hydrogens is 434 g/mol. The van der Waals surface area contributed by atoms with Crippen LogP contribution >= 0.6 is 0 Å². The van der Waals surface area contributed by atoms with Gasteiger partial charge in [0.05, 0.1) is 12.6 Å². The largest absolute Gasteiger partial charge is 0.348 e. The molecule has 0 radical (unpaired) electrons. The summed E-state index contributed by atoms with van der Waals surface area (Å²) in [4.78, 5) is 22.8. The molecule has 2 aromatic heterocycles. The first-order valence-electron chi connectivity index (χ1n) is 13.3. The number of H-pyrrole nitrogens is 2. The zero-order valence-electron chi connectivity index (χ0n) is 22.2. The van der Waals surface area contributed by atoms with Crippen molar-refractivity contribution in [3.63, 3.8) is 0 Å². The number of aromatic nitrogens is 4. The van der Waals surface area contributed by atoms with E-state index in [4.69, 9.17) is 0 Å². The molecule has 0 spiro atoms. The van der Waals surface area contributed by atoms with Crippen molar-refractivity contribution in [1.82, 2.24) is 34.6 Å². The van der Waals surface area contributed by atoms with E-state index in [0.717, 1.165) is 37.8 Å². The van der Waals surface area contributed by atoms with Crippen molar-refractivity contribution in [2.24, 2.45) is 0 Å². The lowest BCUT2D eigenvalue weighted by Crippen LogP contribution is -2.28. The van der Waals surface area contributed by atoms with Crippen LogP contribution in [-0.2, 0) is 19.6 Å². The maximum absolute atomic E-state index is 4.48. The highest BCUT2D eigenvalue weighted by Gasteiger charge is 2.19. The molecule has 2 heterocycles. The van der Waals surface area contributed by atoms with Crippen molar-refractivity contribution in [3.05, 3.63) is 71.8 Å². The Morgan fingerprint density at radius 3 is 2.00 bits per heavy atom. The zero-order chi connectivity index (χ0) is 24.9. The number of hydrogen-bond acceptors (Lipinski definition) is 5. The Kier molecular flexibility index (Phi) is 11.5. The van der Waals surface area contributed by atoms with Crippen LogP contribution in [0.15, 0.2) is 49.1 Å². The Balaban J connectivity index is 1.48. The van der Waals surface area contributed by atoms with E-state index in [-0.39, 0.29) is 6.04 Å². The zero-order valence-corrected chi connectivity index (χ0v) is 22.2. The van der Waals surface area contributed by atoms with Crippen LogP contribution < -0.4 is 0 Å². The van der Waals surface area contributed by atoms with E-state index in [9.17, 15) is 0 Å². The Morgan fingerprint density at radius 2 is 1.40 bits per heavy atom. The normalized spacial score (nSPS) is 12.8. The van der Waals surface area contributed by atoms with Gasteiger partial charge in [0.2, 0.25) is 0 Å². The minimum absolute atomic E-state index is 0.159. The summed E-state index contributed by atoms with van der Waals surface area (Å²) in [6.07, 6.45) is 12.4. The molecule has 0 saturated carbocycles. The summed E-state index contributed by atoms with van der Waals surface area (Å²) in [5.74, 6) is 1.94. The molecule has 1 unspecified atom stereocenters. The summed E-state index contributed by atoms with van der Waals surface area (Å²) in [5, 5.41) is 0. The predicted molar refractivity (Wildman–Crippen MR) is 144 cm³/mol. The maximum atomic E-state index is 4.48. The van der Waals surface area contributed by atoms with E-state index in [2.05, 4.69) is 86.7 Å². The van der Waals surface area contributed by atoms with Gasteiger partial charge in [-0.1, -0.05) is 38.1 Å². The van der Waals surface area contributed by atoms with E-state index in [0.29, 0.717) is 0 Å². The average Bonchev–Trinajstić information content (AvgIpc) is 3.57. The van der Waals surface area contributed by atoms with Crippen molar-refractivity contribution in [3.8, 4) is 0 Å². The van der Waals surface area contributed by atoms with Crippen LogP contribution in [0.5, 0.6) is 0 Å². The minimum Gasteiger partial charge on any atom is -0.348 e.